The van der Waals surface area contributed by atoms with E-state index in [0.29, 0.717) is 0 Å². The van der Waals surface area contributed by atoms with Gasteiger partial charge in [-0.25, -0.2) is 0 Å². The lowest BCUT2D eigenvalue weighted by Gasteiger charge is -2.10. The van der Waals surface area contributed by atoms with Gasteiger partial charge in [0.2, 0.25) is 0 Å². The molecule has 150 valence electrons. The van der Waals surface area contributed by atoms with E-state index in [2.05, 4.69) is 62.4 Å². The molecule has 2 heteroatoms. The van der Waals surface area contributed by atoms with Crippen molar-refractivity contribution in [2.75, 3.05) is 13.2 Å². The molecule has 0 aromatic heterocycles. The summed E-state index contributed by atoms with van der Waals surface area (Å²) in [5.74, 6) is 1.94. The summed E-state index contributed by atoms with van der Waals surface area (Å²) in [5.41, 5.74) is 0. The molecule has 0 fully saturated rings. The van der Waals surface area contributed by atoms with E-state index < -0.39 is 0 Å². The highest BCUT2D eigenvalue weighted by molar-refractivity contribution is 5.99. The van der Waals surface area contributed by atoms with Crippen LogP contribution in [0.3, 0.4) is 0 Å². The lowest BCUT2D eigenvalue weighted by atomic mass is 10.0. The second-order valence-electron chi connectivity index (χ2n) is 7.69. The predicted octanol–water partition coefficient (Wildman–Crippen LogP) is 7.91. The monoisotopic (exact) mass is 378 g/mol. The van der Waals surface area contributed by atoms with Crippen LogP contribution in [-0.4, -0.2) is 13.2 Å². The lowest BCUT2D eigenvalue weighted by Crippen LogP contribution is -1.97. The van der Waals surface area contributed by atoms with Crippen molar-refractivity contribution in [2.45, 2.75) is 65.2 Å². The van der Waals surface area contributed by atoms with Gasteiger partial charge in [0.25, 0.3) is 0 Å². The number of rotatable bonds is 12. The minimum Gasteiger partial charge on any atom is -0.494 e. The molecule has 3 rings (SSSR count). The maximum absolute atomic E-state index is 5.94. The van der Waals surface area contributed by atoms with Crippen LogP contribution >= 0.6 is 0 Å². The van der Waals surface area contributed by atoms with Gasteiger partial charge in [-0.05, 0) is 70.8 Å². The first kappa shape index (κ1) is 20.5. The third-order valence-corrected chi connectivity index (χ3v) is 5.27. The van der Waals surface area contributed by atoms with E-state index in [0.717, 1.165) is 37.6 Å². The predicted molar refractivity (Wildman–Crippen MR) is 121 cm³/mol. The van der Waals surface area contributed by atoms with Crippen molar-refractivity contribution in [3.63, 3.8) is 0 Å². The molecule has 28 heavy (non-hydrogen) atoms. The van der Waals surface area contributed by atoms with Gasteiger partial charge in [0.15, 0.2) is 0 Å². The fourth-order valence-electron chi connectivity index (χ4n) is 3.57. The van der Waals surface area contributed by atoms with Crippen LogP contribution in [0.1, 0.15) is 65.2 Å². The number of unbranched alkanes of at least 4 members (excludes halogenated alkanes) is 6. The van der Waals surface area contributed by atoms with Crippen LogP contribution in [0.2, 0.25) is 0 Å². The van der Waals surface area contributed by atoms with Crippen LogP contribution in [0.15, 0.2) is 48.5 Å². The highest BCUT2D eigenvalue weighted by atomic mass is 16.5. The van der Waals surface area contributed by atoms with E-state index in [1.165, 1.54) is 60.1 Å². The molecule has 3 aromatic rings. The molecule has 0 bridgehead atoms. The van der Waals surface area contributed by atoms with Gasteiger partial charge in [-0.1, -0.05) is 64.5 Å². The topological polar surface area (TPSA) is 18.5 Å². The molecule has 0 saturated heterocycles. The molecule has 2 nitrogen and oxygen atoms in total. The minimum atomic E-state index is 0.804. The van der Waals surface area contributed by atoms with Crippen molar-refractivity contribution in [3.8, 4) is 11.5 Å². The molecule has 0 atom stereocenters. The maximum Gasteiger partial charge on any atom is 0.119 e. The summed E-state index contributed by atoms with van der Waals surface area (Å²) >= 11 is 0. The largest absolute Gasteiger partial charge is 0.494 e. The zero-order valence-electron chi connectivity index (χ0n) is 17.5. The highest BCUT2D eigenvalue weighted by Crippen LogP contribution is 2.29. The van der Waals surface area contributed by atoms with Crippen LogP contribution in [-0.2, 0) is 0 Å². The summed E-state index contributed by atoms with van der Waals surface area (Å²) in [6.45, 7) is 6.07. The Morgan fingerprint density at radius 1 is 0.500 bits per heavy atom. The maximum atomic E-state index is 5.94. The van der Waals surface area contributed by atoms with Crippen molar-refractivity contribution in [1.82, 2.24) is 0 Å². The fraction of sp³-hybridized carbons (Fsp3) is 0.462. The van der Waals surface area contributed by atoms with Gasteiger partial charge in [0, 0.05) is 0 Å². The minimum absolute atomic E-state index is 0.804. The van der Waals surface area contributed by atoms with Gasteiger partial charge in [-0.3, -0.25) is 0 Å². The van der Waals surface area contributed by atoms with E-state index in [4.69, 9.17) is 9.47 Å². The van der Waals surface area contributed by atoms with Crippen LogP contribution in [0.25, 0.3) is 21.5 Å². The molecule has 0 N–H and O–H groups in total. The van der Waals surface area contributed by atoms with Gasteiger partial charge < -0.3 is 9.47 Å². The third-order valence-electron chi connectivity index (χ3n) is 5.27. The van der Waals surface area contributed by atoms with Crippen molar-refractivity contribution in [1.29, 1.82) is 0 Å². The Morgan fingerprint density at radius 2 is 0.964 bits per heavy atom. The van der Waals surface area contributed by atoms with Crippen molar-refractivity contribution in [3.05, 3.63) is 48.5 Å². The molecule has 0 saturated carbocycles. The molecule has 0 amide bonds. The van der Waals surface area contributed by atoms with Gasteiger partial charge in [0.05, 0.1) is 13.2 Å². The average Bonchev–Trinajstić information content (AvgIpc) is 2.72. The molecular formula is C26H34O2. The molecule has 0 aliphatic heterocycles. The quantitative estimate of drug-likeness (QED) is 0.235. The van der Waals surface area contributed by atoms with Gasteiger partial charge in [-0.15, -0.1) is 0 Å². The van der Waals surface area contributed by atoms with Gasteiger partial charge in [-0.2, -0.15) is 0 Å². The standard InChI is InChI=1S/C26H34O2/c1-3-5-7-9-15-27-25-13-11-21-18-24-20-26(28-16-10-8-6-4-2)14-12-22(24)17-23(21)19-25/h11-14,17-20H,3-10,15-16H2,1-2H3. The Labute approximate surface area is 169 Å². The molecule has 0 radical (unpaired) electrons. The fourth-order valence-corrected chi connectivity index (χ4v) is 3.57. The zero-order chi connectivity index (χ0) is 19.6. The molecule has 0 aliphatic carbocycles. The molecular weight excluding hydrogens is 344 g/mol. The summed E-state index contributed by atoms with van der Waals surface area (Å²) in [4.78, 5) is 0. The number of ether oxygens (including phenoxy) is 2. The summed E-state index contributed by atoms with van der Waals surface area (Å²) < 4.78 is 11.9. The van der Waals surface area contributed by atoms with Crippen LogP contribution < -0.4 is 9.47 Å². The van der Waals surface area contributed by atoms with E-state index in [1.54, 1.807) is 0 Å². The first-order chi connectivity index (χ1) is 13.8. The van der Waals surface area contributed by atoms with Crippen molar-refractivity contribution < 1.29 is 9.47 Å². The Balaban J connectivity index is 1.65. The number of benzene rings is 3. The van der Waals surface area contributed by atoms with Crippen LogP contribution in [0.5, 0.6) is 11.5 Å². The van der Waals surface area contributed by atoms with E-state index >= 15 is 0 Å². The van der Waals surface area contributed by atoms with Crippen LogP contribution in [0.4, 0.5) is 0 Å². The second kappa shape index (κ2) is 10.9. The Hall–Kier alpha value is -2.22. The number of hydrogen-bond donors (Lipinski definition) is 0. The van der Waals surface area contributed by atoms with Crippen molar-refractivity contribution in [2.24, 2.45) is 0 Å². The zero-order valence-corrected chi connectivity index (χ0v) is 17.5. The Bertz CT molecular complexity index is 795. The van der Waals surface area contributed by atoms with Crippen LogP contribution in [0, 0.1) is 0 Å². The smallest absolute Gasteiger partial charge is 0.119 e. The molecule has 3 aromatic carbocycles. The van der Waals surface area contributed by atoms with Gasteiger partial charge >= 0.3 is 0 Å². The van der Waals surface area contributed by atoms with E-state index in [1.807, 2.05) is 0 Å². The Morgan fingerprint density at radius 3 is 1.39 bits per heavy atom. The number of hydrogen-bond acceptors (Lipinski definition) is 2. The summed E-state index contributed by atoms with van der Waals surface area (Å²) in [6.07, 6.45) is 9.85. The van der Waals surface area contributed by atoms with Gasteiger partial charge in [0.1, 0.15) is 11.5 Å². The first-order valence-corrected chi connectivity index (χ1v) is 11.0. The SMILES string of the molecule is CCCCCCOc1ccc2cc3cc(OCCCCCC)ccc3cc2c1. The second-order valence-corrected chi connectivity index (χ2v) is 7.69. The Kier molecular flexibility index (Phi) is 8.02. The summed E-state index contributed by atoms with van der Waals surface area (Å²) in [6, 6.07) is 17.3. The third kappa shape index (κ3) is 5.89. The first-order valence-electron chi connectivity index (χ1n) is 11.0. The summed E-state index contributed by atoms with van der Waals surface area (Å²) in [7, 11) is 0. The number of fused-ring (bicyclic) bond motifs is 2. The van der Waals surface area contributed by atoms with Crippen molar-refractivity contribution >= 4 is 21.5 Å². The van der Waals surface area contributed by atoms with E-state index in [-0.39, 0.29) is 0 Å². The van der Waals surface area contributed by atoms with E-state index in [9.17, 15) is 0 Å². The summed E-state index contributed by atoms with van der Waals surface area (Å²) in [5, 5.41) is 4.94. The normalized spacial score (nSPS) is 11.2. The molecule has 0 heterocycles. The lowest BCUT2D eigenvalue weighted by molar-refractivity contribution is 0.305. The average molecular weight is 379 g/mol. The molecule has 0 aliphatic rings. The molecule has 0 spiro atoms. The molecule has 0 unspecified atom stereocenters. The highest BCUT2D eigenvalue weighted by Gasteiger charge is 2.03.